The van der Waals surface area contributed by atoms with Gasteiger partial charge in [-0.25, -0.2) is 0 Å². The maximum atomic E-state index is 13.9. The van der Waals surface area contributed by atoms with E-state index in [0.717, 1.165) is 24.0 Å². The molecule has 136 valence electrons. The normalized spacial score (nSPS) is 41.4. The van der Waals surface area contributed by atoms with E-state index in [0.29, 0.717) is 10.5 Å². The van der Waals surface area contributed by atoms with E-state index in [1.54, 1.807) is 0 Å². The van der Waals surface area contributed by atoms with Crippen LogP contribution in [0.15, 0.2) is 64.6 Å². The Balaban J connectivity index is 1.57. The zero-order valence-electron chi connectivity index (χ0n) is 15.1. The Labute approximate surface area is 160 Å². The van der Waals surface area contributed by atoms with Gasteiger partial charge in [0.2, 0.25) is 0 Å². The lowest BCUT2D eigenvalue weighted by Gasteiger charge is -2.43. The molecule has 0 unspecified atom stereocenters. The molecule has 0 amide bonds. The van der Waals surface area contributed by atoms with Gasteiger partial charge in [0.25, 0.3) is 0 Å². The molecule has 0 N–H and O–H groups in total. The number of carbonyl (C=O) groups is 2. The SMILES string of the molecule is Cc1ccc([S@](=O)[C@]23C(=O)C4=C(C(=O)[C@@H]2[C@@H]2C=C[C@H]3C2)[C@H]2C=C[C@@H]4C2)cc1. The maximum absolute atomic E-state index is 13.9. The molecule has 4 bridgehead atoms. The Morgan fingerprint density at radius 2 is 1.63 bits per heavy atom. The van der Waals surface area contributed by atoms with Crippen LogP contribution < -0.4 is 0 Å². The van der Waals surface area contributed by atoms with E-state index in [2.05, 4.69) is 18.2 Å². The number of Topliss-reactive ketones (excluding diaryl/α,β-unsaturated/α-hetero) is 2. The smallest absolute Gasteiger partial charge is 0.180 e. The molecular formula is C23H20O3S. The summed E-state index contributed by atoms with van der Waals surface area (Å²) in [7, 11) is -1.55. The fourth-order valence-corrected chi connectivity index (χ4v) is 8.26. The van der Waals surface area contributed by atoms with E-state index >= 15 is 0 Å². The molecule has 0 radical (unpaired) electrons. The van der Waals surface area contributed by atoms with Gasteiger partial charge in [0.1, 0.15) is 4.75 Å². The standard InChI is InChI=1S/C23H20O3S/c1-12-2-8-17(9-3-12)27(26)23-16-7-6-15(11-16)20(23)21(24)18-13-4-5-14(10-13)19(18)22(23)25/h2-9,13-16,20H,10-11H2,1H3/t13-,14+,15+,16-,20-,23-,27-/m0/s1. The molecule has 7 atom stereocenters. The quantitative estimate of drug-likeness (QED) is 0.744. The average Bonchev–Trinajstić information content (AvgIpc) is 3.45. The van der Waals surface area contributed by atoms with Gasteiger partial charge in [-0.15, -0.1) is 0 Å². The highest BCUT2D eigenvalue weighted by atomic mass is 32.2. The van der Waals surface area contributed by atoms with Crippen LogP contribution in [0.5, 0.6) is 0 Å². The summed E-state index contributed by atoms with van der Waals surface area (Å²) in [4.78, 5) is 28.2. The molecule has 3 nitrogen and oxygen atoms in total. The van der Waals surface area contributed by atoms with Crippen molar-refractivity contribution in [3.63, 3.8) is 0 Å². The van der Waals surface area contributed by atoms with E-state index in [1.165, 1.54) is 0 Å². The van der Waals surface area contributed by atoms with Crippen molar-refractivity contribution in [2.24, 2.45) is 29.6 Å². The van der Waals surface area contributed by atoms with Gasteiger partial charge in [-0.1, -0.05) is 42.0 Å². The van der Waals surface area contributed by atoms with Crippen LogP contribution in [0.25, 0.3) is 0 Å². The summed E-state index contributed by atoms with van der Waals surface area (Å²) in [6, 6.07) is 7.58. The molecule has 0 heterocycles. The molecular weight excluding hydrogens is 356 g/mol. The third-order valence-corrected chi connectivity index (χ3v) is 9.42. The molecule has 1 aromatic rings. The number of allylic oxidation sites excluding steroid dienone is 6. The highest BCUT2D eigenvalue weighted by Crippen LogP contribution is 2.62. The molecule has 0 spiro atoms. The average molecular weight is 376 g/mol. The Morgan fingerprint density at radius 1 is 0.926 bits per heavy atom. The Hall–Kier alpha value is -2.07. The molecule has 0 saturated heterocycles. The highest BCUT2D eigenvalue weighted by molar-refractivity contribution is 7.87. The van der Waals surface area contributed by atoms with E-state index in [-0.39, 0.29) is 35.2 Å². The molecule has 6 rings (SSSR count). The number of hydrogen-bond donors (Lipinski definition) is 0. The van der Waals surface area contributed by atoms with Crippen LogP contribution in [0.3, 0.4) is 0 Å². The van der Waals surface area contributed by atoms with Crippen molar-refractivity contribution in [2.75, 3.05) is 0 Å². The van der Waals surface area contributed by atoms with Crippen molar-refractivity contribution in [2.45, 2.75) is 29.4 Å². The summed E-state index contributed by atoms with van der Waals surface area (Å²) >= 11 is 0. The van der Waals surface area contributed by atoms with Crippen LogP contribution in [-0.2, 0) is 20.4 Å². The fourth-order valence-electron chi connectivity index (χ4n) is 6.24. The summed E-state index contributed by atoms with van der Waals surface area (Å²) in [6.07, 6.45) is 9.89. The first kappa shape index (κ1) is 15.9. The van der Waals surface area contributed by atoms with Crippen molar-refractivity contribution in [3.8, 4) is 0 Å². The third-order valence-electron chi connectivity index (χ3n) is 7.36. The minimum absolute atomic E-state index is 0.00490. The van der Waals surface area contributed by atoms with E-state index < -0.39 is 21.5 Å². The van der Waals surface area contributed by atoms with Gasteiger partial charge in [-0.05, 0) is 37.8 Å². The minimum Gasteiger partial charge on any atom is -0.294 e. The predicted octanol–water partition coefficient (Wildman–Crippen LogP) is 3.32. The van der Waals surface area contributed by atoms with Crippen molar-refractivity contribution in [3.05, 3.63) is 65.3 Å². The number of aryl methyl sites for hydroxylation is 1. The van der Waals surface area contributed by atoms with Crippen molar-refractivity contribution in [1.29, 1.82) is 0 Å². The third kappa shape index (κ3) is 1.71. The first-order valence-corrected chi connectivity index (χ1v) is 10.9. The zero-order chi connectivity index (χ0) is 18.5. The van der Waals surface area contributed by atoms with Gasteiger partial charge in [0, 0.05) is 33.8 Å². The summed E-state index contributed by atoms with van der Waals surface area (Å²) in [5.41, 5.74) is 2.52. The number of hydrogen-bond acceptors (Lipinski definition) is 3. The van der Waals surface area contributed by atoms with Crippen LogP contribution in [0.1, 0.15) is 18.4 Å². The lowest BCUT2D eigenvalue weighted by Crippen LogP contribution is -2.59. The summed E-state index contributed by atoms with van der Waals surface area (Å²) in [5, 5.41) is 0. The summed E-state index contributed by atoms with van der Waals surface area (Å²) in [6.45, 7) is 1.99. The van der Waals surface area contributed by atoms with Gasteiger partial charge in [-0.2, -0.15) is 0 Å². The van der Waals surface area contributed by atoms with Crippen LogP contribution in [-0.4, -0.2) is 20.5 Å². The second kappa shape index (κ2) is 5.05. The van der Waals surface area contributed by atoms with Crippen LogP contribution >= 0.6 is 0 Å². The molecule has 1 saturated carbocycles. The van der Waals surface area contributed by atoms with Crippen LogP contribution in [0.2, 0.25) is 0 Å². The number of benzene rings is 1. The molecule has 1 aromatic carbocycles. The van der Waals surface area contributed by atoms with Gasteiger partial charge in [-0.3, -0.25) is 13.8 Å². The van der Waals surface area contributed by atoms with E-state index in [4.69, 9.17) is 0 Å². The van der Waals surface area contributed by atoms with Crippen molar-refractivity contribution >= 4 is 22.4 Å². The second-order valence-corrected chi connectivity index (χ2v) is 10.3. The van der Waals surface area contributed by atoms with Crippen LogP contribution in [0, 0.1) is 36.5 Å². The van der Waals surface area contributed by atoms with E-state index in [9.17, 15) is 13.8 Å². The first-order chi connectivity index (χ1) is 13.0. The summed E-state index contributed by atoms with van der Waals surface area (Å²) in [5.74, 6) is -0.309. The summed E-state index contributed by atoms with van der Waals surface area (Å²) < 4.78 is 12.8. The van der Waals surface area contributed by atoms with Gasteiger partial charge >= 0.3 is 0 Å². The highest BCUT2D eigenvalue weighted by Gasteiger charge is 2.70. The fraction of sp³-hybridized carbons (Fsp3) is 0.391. The number of rotatable bonds is 2. The molecule has 0 aliphatic heterocycles. The molecule has 27 heavy (non-hydrogen) atoms. The monoisotopic (exact) mass is 376 g/mol. The maximum Gasteiger partial charge on any atom is 0.180 e. The second-order valence-electron chi connectivity index (χ2n) is 8.60. The Morgan fingerprint density at radius 3 is 2.37 bits per heavy atom. The molecule has 5 aliphatic carbocycles. The Bertz CT molecular complexity index is 1030. The molecule has 1 fully saturated rings. The van der Waals surface area contributed by atoms with Gasteiger partial charge in [0.15, 0.2) is 11.6 Å². The predicted molar refractivity (Wildman–Crippen MR) is 102 cm³/mol. The molecule has 0 aromatic heterocycles. The first-order valence-electron chi connectivity index (χ1n) is 9.71. The zero-order valence-corrected chi connectivity index (χ0v) is 15.9. The van der Waals surface area contributed by atoms with Crippen molar-refractivity contribution < 1.29 is 13.8 Å². The van der Waals surface area contributed by atoms with Crippen LogP contribution in [0.4, 0.5) is 0 Å². The molecule has 4 heteroatoms. The lowest BCUT2D eigenvalue weighted by atomic mass is 9.66. The minimum atomic E-state index is -1.55. The Kier molecular flexibility index (Phi) is 2.98. The largest absolute Gasteiger partial charge is 0.294 e. The van der Waals surface area contributed by atoms with Gasteiger partial charge in [0.05, 0.1) is 16.7 Å². The molecule has 5 aliphatic rings. The number of ketones is 2. The topological polar surface area (TPSA) is 51.2 Å². The number of fused-ring (bicyclic) bond motifs is 9. The van der Waals surface area contributed by atoms with E-state index in [1.807, 2.05) is 37.3 Å². The van der Waals surface area contributed by atoms with Crippen molar-refractivity contribution in [1.82, 2.24) is 0 Å². The van der Waals surface area contributed by atoms with Gasteiger partial charge < -0.3 is 0 Å². The number of carbonyl (C=O) groups excluding carboxylic acids is 2. The lowest BCUT2D eigenvalue weighted by molar-refractivity contribution is -0.129.